The van der Waals surface area contributed by atoms with Crippen molar-refractivity contribution in [2.24, 2.45) is 0 Å². The summed E-state index contributed by atoms with van der Waals surface area (Å²) in [5, 5.41) is 7.27. The molecule has 2 aliphatic rings. The van der Waals surface area contributed by atoms with E-state index in [1.807, 2.05) is 42.5 Å². The van der Waals surface area contributed by atoms with Gasteiger partial charge in [-0.05, 0) is 78.5 Å². The number of hydrogen-bond acceptors (Lipinski definition) is 6. The van der Waals surface area contributed by atoms with Crippen molar-refractivity contribution >= 4 is 11.9 Å². The van der Waals surface area contributed by atoms with Crippen molar-refractivity contribution in [3.05, 3.63) is 71.3 Å². The van der Waals surface area contributed by atoms with Gasteiger partial charge in [0, 0.05) is 47.8 Å². The standard InChI is InChI=1S/C34H48N2O4/c1-31(2)19-25(20-32(3,4)35-31)39-29(37)28(30(38)40-26-21-33(5,6)36-34(7,8)22-26)27-17-13-12-16-24(27)18-23-14-10-9-11-15-23/h9-17,25-26,28,35-36H,18-22H2,1-8H3. The van der Waals surface area contributed by atoms with Gasteiger partial charge < -0.3 is 20.1 Å². The highest BCUT2D eigenvalue weighted by Gasteiger charge is 2.44. The van der Waals surface area contributed by atoms with Crippen LogP contribution in [-0.4, -0.2) is 46.3 Å². The first-order valence-electron chi connectivity index (χ1n) is 14.6. The fraction of sp³-hybridized carbons (Fsp3) is 0.588. The van der Waals surface area contributed by atoms with Crippen LogP contribution < -0.4 is 10.6 Å². The lowest BCUT2D eigenvalue weighted by atomic mass is 9.80. The molecule has 0 atom stereocenters. The molecule has 0 aromatic heterocycles. The van der Waals surface area contributed by atoms with E-state index in [1.54, 1.807) is 0 Å². The smallest absolute Gasteiger partial charge is 0.325 e. The molecule has 2 saturated heterocycles. The molecular weight excluding hydrogens is 500 g/mol. The Balaban J connectivity index is 1.65. The molecule has 2 aromatic rings. The van der Waals surface area contributed by atoms with Gasteiger partial charge in [-0.3, -0.25) is 9.59 Å². The van der Waals surface area contributed by atoms with E-state index in [2.05, 4.69) is 78.2 Å². The average molecular weight is 549 g/mol. The summed E-state index contributed by atoms with van der Waals surface area (Å²) >= 11 is 0. The molecule has 6 nitrogen and oxygen atoms in total. The number of piperidine rings is 2. The first-order chi connectivity index (χ1) is 18.5. The van der Waals surface area contributed by atoms with Crippen LogP contribution in [0.15, 0.2) is 54.6 Å². The van der Waals surface area contributed by atoms with Crippen LogP contribution in [-0.2, 0) is 25.5 Å². The summed E-state index contributed by atoms with van der Waals surface area (Å²) in [6, 6.07) is 17.8. The second-order valence-corrected chi connectivity index (χ2v) is 14.5. The summed E-state index contributed by atoms with van der Waals surface area (Å²) in [5.74, 6) is -2.21. The lowest BCUT2D eigenvalue weighted by Crippen LogP contribution is -2.60. The van der Waals surface area contributed by atoms with Gasteiger partial charge in [0.1, 0.15) is 12.2 Å². The van der Waals surface area contributed by atoms with Gasteiger partial charge in [0.15, 0.2) is 5.92 Å². The molecule has 0 spiro atoms. The van der Waals surface area contributed by atoms with Crippen molar-refractivity contribution in [2.75, 3.05) is 0 Å². The maximum Gasteiger partial charge on any atom is 0.325 e. The number of nitrogens with one attached hydrogen (secondary N) is 2. The summed E-state index contributed by atoms with van der Waals surface area (Å²) in [4.78, 5) is 28.0. The van der Waals surface area contributed by atoms with Crippen LogP contribution in [0.1, 0.15) is 104 Å². The van der Waals surface area contributed by atoms with E-state index in [-0.39, 0.29) is 34.4 Å². The van der Waals surface area contributed by atoms with Crippen LogP contribution in [0.2, 0.25) is 0 Å². The van der Waals surface area contributed by atoms with Gasteiger partial charge in [-0.25, -0.2) is 0 Å². The summed E-state index contributed by atoms with van der Waals surface area (Å²) in [6.45, 7) is 17.0. The van der Waals surface area contributed by atoms with E-state index in [9.17, 15) is 9.59 Å². The lowest BCUT2D eigenvalue weighted by molar-refractivity contribution is -0.167. The fourth-order valence-corrected chi connectivity index (χ4v) is 7.23. The minimum atomic E-state index is -1.15. The maximum absolute atomic E-state index is 14.0. The van der Waals surface area contributed by atoms with Crippen molar-refractivity contribution in [1.82, 2.24) is 10.6 Å². The third-order valence-electron chi connectivity index (χ3n) is 7.95. The van der Waals surface area contributed by atoms with Crippen molar-refractivity contribution in [2.45, 2.75) is 128 Å². The van der Waals surface area contributed by atoms with Gasteiger partial charge in [0.25, 0.3) is 0 Å². The van der Waals surface area contributed by atoms with Crippen LogP contribution in [0.25, 0.3) is 0 Å². The Morgan fingerprint density at radius 1 is 0.675 bits per heavy atom. The number of ether oxygens (including phenoxy) is 2. The summed E-state index contributed by atoms with van der Waals surface area (Å²) < 4.78 is 12.4. The molecule has 40 heavy (non-hydrogen) atoms. The first kappa shape index (κ1) is 30.3. The molecule has 0 aliphatic carbocycles. The number of rotatable bonds is 7. The molecule has 0 amide bonds. The van der Waals surface area contributed by atoms with E-state index in [4.69, 9.17) is 9.47 Å². The van der Waals surface area contributed by atoms with Crippen molar-refractivity contribution < 1.29 is 19.1 Å². The second-order valence-electron chi connectivity index (χ2n) is 14.5. The Morgan fingerprint density at radius 2 is 1.07 bits per heavy atom. The molecule has 4 rings (SSSR count). The van der Waals surface area contributed by atoms with Gasteiger partial charge in [0.2, 0.25) is 0 Å². The minimum absolute atomic E-state index is 0.194. The van der Waals surface area contributed by atoms with Crippen LogP contribution >= 0.6 is 0 Å². The molecule has 218 valence electrons. The van der Waals surface area contributed by atoms with Gasteiger partial charge >= 0.3 is 11.9 Å². The third-order valence-corrected chi connectivity index (χ3v) is 7.95. The summed E-state index contributed by atoms with van der Waals surface area (Å²) in [5.41, 5.74) is 1.91. The number of carbonyl (C=O) groups is 2. The largest absolute Gasteiger partial charge is 0.461 e. The first-order valence-corrected chi connectivity index (χ1v) is 14.6. The van der Waals surface area contributed by atoms with E-state index in [0.717, 1.165) is 11.1 Å². The topological polar surface area (TPSA) is 76.7 Å². The van der Waals surface area contributed by atoms with Crippen molar-refractivity contribution in [1.29, 1.82) is 0 Å². The molecule has 2 fully saturated rings. The third kappa shape index (κ3) is 7.94. The number of benzene rings is 2. The highest BCUT2D eigenvalue weighted by atomic mass is 16.6. The summed E-state index contributed by atoms with van der Waals surface area (Å²) in [6.07, 6.45) is 2.70. The second kappa shape index (κ2) is 11.3. The summed E-state index contributed by atoms with van der Waals surface area (Å²) in [7, 11) is 0. The van der Waals surface area contributed by atoms with Gasteiger partial charge in [-0.15, -0.1) is 0 Å². The molecule has 0 radical (unpaired) electrons. The number of carbonyl (C=O) groups excluding carboxylic acids is 2. The Kier molecular flexibility index (Phi) is 8.54. The normalized spacial score (nSPS) is 22.0. The monoisotopic (exact) mass is 548 g/mol. The zero-order valence-electron chi connectivity index (χ0n) is 25.6. The Hall–Kier alpha value is -2.70. The predicted molar refractivity (Wildman–Crippen MR) is 159 cm³/mol. The molecule has 2 aliphatic heterocycles. The lowest BCUT2D eigenvalue weighted by Gasteiger charge is -2.46. The Labute approximate surface area is 240 Å². The molecule has 2 heterocycles. The van der Waals surface area contributed by atoms with Crippen LogP contribution in [0, 0.1) is 0 Å². The van der Waals surface area contributed by atoms with Gasteiger partial charge in [-0.1, -0.05) is 54.6 Å². The van der Waals surface area contributed by atoms with Gasteiger partial charge in [-0.2, -0.15) is 0 Å². The SMILES string of the molecule is CC1(C)CC(OC(=O)C(C(=O)OC2CC(C)(C)NC(C)(C)C2)c2ccccc2Cc2ccccc2)CC(C)(C)N1. The molecule has 2 aromatic carbocycles. The highest BCUT2D eigenvalue weighted by molar-refractivity contribution is 6.01. The number of hydrogen-bond donors (Lipinski definition) is 2. The zero-order chi connectivity index (χ0) is 29.3. The molecule has 0 bridgehead atoms. The Bertz CT molecular complexity index is 1120. The van der Waals surface area contributed by atoms with Crippen LogP contribution in [0.5, 0.6) is 0 Å². The van der Waals surface area contributed by atoms with Crippen molar-refractivity contribution in [3.63, 3.8) is 0 Å². The van der Waals surface area contributed by atoms with E-state index >= 15 is 0 Å². The average Bonchev–Trinajstić information content (AvgIpc) is 2.76. The zero-order valence-corrected chi connectivity index (χ0v) is 25.6. The van der Waals surface area contributed by atoms with Gasteiger partial charge in [0.05, 0.1) is 0 Å². The van der Waals surface area contributed by atoms with Crippen LogP contribution in [0.3, 0.4) is 0 Å². The molecule has 0 saturated carbocycles. The number of esters is 2. The van der Waals surface area contributed by atoms with Crippen LogP contribution in [0.4, 0.5) is 0 Å². The maximum atomic E-state index is 14.0. The molecular formula is C34H48N2O4. The molecule has 0 unspecified atom stereocenters. The molecule has 6 heteroatoms. The van der Waals surface area contributed by atoms with E-state index < -0.39 is 17.9 Å². The quantitative estimate of drug-likeness (QED) is 0.323. The Morgan fingerprint density at radius 3 is 1.52 bits per heavy atom. The van der Waals surface area contributed by atoms with E-state index in [1.165, 1.54) is 0 Å². The minimum Gasteiger partial charge on any atom is -0.461 e. The fourth-order valence-electron chi connectivity index (χ4n) is 7.23. The molecule has 2 N–H and O–H groups in total. The van der Waals surface area contributed by atoms with E-state index in [0.29, 0.717) is 37.7 Å². The predicted octanol–water partition coefficient (Wildman–Crippen LogP) is 6.07. The highest BCUT2D eigenvalue weighted by Crippen LogP contribution is 2.35. The van der Waals surface area contributed by atoms with Crippen molar-refractivity contribution in [3.8, 4) is 0 Å².